The summed E-state index contributed by atoms with van der Waals surface area (Å²) in [4.78, 5) is 40.8. The van der Waals surface area contributed by atoms with Crippen LogP contribution in [-0.4, -0.2) is 64.3 Å². The van der Waals surface area contributed by atoms with Gasteiger partial charge < -0.3 is 23.4 Å². The van der Waals surface area contributed by atoms with Crippen molar-refractivity contribution >= 4 is 28.7 Å². The summed E-state index contributed by atoms with van der Waals surface area (Å²) in [7, 11) is 0. The Bertz CT molecular complexity index is 1720. The van der Waals surface area contributed by atoms with E-state index in [1.165, 1.54) is 30.3 Å². The predicted octanol–water partition coefficient (Wildman–Crippen LogP) is 4.37. The lowest BCUT2D eigenvalue weighted by atomic mass is 9.75. The van der Waals surface area contributed by atoms with Gasteiger partial charge in [-0.15, -0.1) is 0 Å². The molecule has 1 aliphatic carbocycles. The number of esters is 2. The Morgan fingerprint density at radius 2 is 1.79 bits per heavy atom. The SMILES string of the molecule is O=C1OC2Cc3onc(-c4ccccc4F)c3C(=O)C2(CCCN2CCC(c3noc4cc(F)ccc34)CC2)OC1=O. The van der Waals surface area contributed by atoms with Crippen LogP contribution in [0.5, 0.6) is 0 Å². The van der Waals surface area contributed by atoms with Gasteiger partial charge in [0.1, 0.15) is 17.3 Å². The number of hydrogen-bond acceptors (Lipinski definition) is 10. The van der Waals surface area contributed by atoms with E-state index in [2.05, 4.69) is 15.2 Å². The molecule has 0 saturated carbocycles. The maximum atomic E-state index is 14.6. The zero-order valence-electron chi connectivity index (χ0n) is 22.3. The lowest BCUT2D eigenvalue weighted by Gasteiger charge is -2.43. The van der Waals surface area contributed by atoms with E-state index in [1.807, 2.05) is 0 Å². The number of halogens is 2. The summed E-state index contributed by atoms with van der Waals surface area (Å²) in [5.74, 6) is -3.69. The maximum Gasteiger partial charge on any atom is 0.418 e. The van der Waals surface area contributed by atoms with Crippen molar-refractivity contribution in [2.75, 3.05) is 19.6 Å². The number of nitrogens with zero attached hydrogens (tertiary/aromatic N) is 3. The number of carbonyl (C=O) groups is 3. The third-order valence-corrected chi connectivity index (χ3v) is 8.54. The highest BCUT2D eigenvalue weighted by Gasteiger charge is 2.60. The molecule has 2 aromatic heterocycles. The average Bonchev–Trinajstić information content (AvgIpc) is 3.60. The Morgan fingerprint density at radius 3 is 2.60 bits per heavy atom. The van der Waals surface area contributed by atoms with Gasteiger partial charge in [0.2, 0.25) is 11.4 Å². The van der Waals surface area contributed by atoms with E-state index < -0.39 is 35.2 Å². The number of rotatable bonds is 6. The van der Waals surface area contributed by atoms with Crippen molar-refractivity contribution < 1.29 is 41.7 Å². The molecule has 4 aromatic rings. The average molecular weight is 578 g/mol. The number of piperidine rings is 1. The van der Waals surface area contributed by atoms with Gasteiger partial charge in [0, 0.05) is 22.9 Å². The molecule has 2 fully saturated rings. The standard InChI is InChI=1S/C30H25F2N3O7/c31-17-6-7-19-21(14-17)41-33-25(19)16-8-12-35(13-9-16)11-3-10-30-23(39-28(37)29(38)40-30)15-22-24(27(30)36)26(34-42-22)18-4-1-2-5-20(18)32/h1-2,4-7,14,16,23H,3,8-13,15H2. The summed E-state index contributed by atoms with van der Waals surface area (Å²) in [5.41, 5.74) is -0.389. The minimum absolute atomic E-state index is 0.0177. The summed E-state index contributed by atoms with van der Waals surface area (Å²) in [6.07, 6.45) is 1.06. The first-order valence-corrected chi connectivity index (χ1v) is 13.8. The molecule has 0 N–H and O–H groups in total. The van der Waals surface area contributed by atoms with Crippen LogP contribution in [0.4, 0.5) is 8.78 Å². The molecule has 42 heavy (non-hydrogen) atoms. The number of fused-ring (bicyclic) bond motifs is 3. The van der Waals surface area contributed by atoms with Gasteiger partial charge in [-0.25, -0.2) is 18.4 Å². The number of ether oxygens (including phenoxy) is 2. The lowest BCUT2D eigenvalue weighted by molar-refractivity contribution is -0.207. The third-order valence-electron chi connectivity index (χ3n) is 8.54. The van der Waals surface area contributed by atoms with Crippen molar-refractivity contribution in [1.82, 2.24) is 15.2 Å². The van der Waals surface area contributed by atoms with E-state index in [0.717, 1.165) is 37.0 Å². The second-order valence-corrected chi connectivity index (χ2v) is 10.9. The lowest BCUT2D eigenvalue weighted by Crippen LogP contribution is -2.62. The fourth-order valence-electron chi connectivity index (χ4n) is 6.41. The number of aromatic nitrogens is 2. The van der Waals surface area contributed by atoms with Gasteiger partial charge in [-0.1, -0.05) is 22.4 Å². The van der Waals surface area contributed by atoms with Crippen LogP contribution >= 0.6 is 0 Å². The Labute approximate surface area is 237 Å². The van der Waals surface area contributed by atoms with Crippen molar-refractivity contribution in [3.05, 3.63) is 71.1 Å². The second kappa shape index (κ2) is 10.1. The molecule has 0 amide bonds. The molecule has 216 valence electrons. The minimum atomic E-state index is -1.77. The first kappa shape index (κ1) is 26.4. The van der Waals surface area contributed by atoms with Crippen molar-refractivity contribution in [3.63, 3.8) is 0 Å². The Morgan fingerprint density at radius 1 is 0.976 bits per heavy atom. The second-order valence-electron chi connectivity index (χ2n) is 10.9. The van der Waals surface area contributed by atoms with Crippen LogP contribution in [0.3, 0.4) is 0 Å². The number of carbonyl (C=O) groups excluding carboxylic acids is 3. The largest absolute Gasteiger partial charge is 0.449 e. The summed E-state index contributed by atoms with van der Waals surface area (Å²) < 4.78 is 49.8. The van der Waals surface area contributed by atoms with Crippen LogP contribution in [0.2, 0.25) is 0 Å². The molecule has 2 aliphatic heterocycles. The van der Waals surface area contributed by atoms with Crippen LogP contribution in [0, 0.1) is 11.6 Å². The van der Waals surface area contributed by atoms with Gasteiger partial charge in [0.25, 0.3) is 0 Å². The Kier molecular flexibility index (Phi) is 6.37. The molecule has 0 bridgehead atoms. The first-order valence-electron chi connectivity index (χ1n) is 13.8. The number of Topliss-reactive ketones (excluding diaryl/α,β-unsaturated/α-hetero) is 1. The zero-order valence-corrected chi connectivity index (χ0v) is 22.3. The first-order chi connectivity index (χ1) is 20.3. The molecule has 7 rings (SSSR count). The van der Waals surface area contributed by atoms with E-state index >= 15 is 0 Å². The molecule has 0 spiro atoms. The van der Waals surface area contributed by atoms with E-state index in [9.17, 15) is 23.2 Å². The molecule has 3 aliphatic rings. The van der Waals surface area contributed by atoms with E-state index in [4.69, 9.17) is 18.5 Å². The van der Waals surface area contributed by atoms with E-state index in [0.29, 0.717) is 18.5 Å². The maximum absolute atomic E-state index is 14.6. The Balaban J connectivity index is 1.07. The van der Waals surface area contributed by atoms with Crippen molar-refractivity contribution in [2.24, 2.45) is 0 Å². The highest BCUT2D eigenvalue weighted by Crippen LogP contribution is 2.43. The highest BCUT2D eigenvalue weighted by molar-refractivity contribution is 6.31. The fourth-order valence-corrected chi connectivity index (χ4v) is 6.41. The van der Waals surface area contributed by atoms with Gasteiger partial charge in [-0.05, 0) is 69.6 Å². The molecule has 2 aromatic carbocycles. The molecule has 4 heterocycles. The summed E-state index contributed by atoms with van der Waals surface area (Å²) in [6.45, 7) is 2.11. The van der Waals surface area contributed by atoms with Crippen LogP contribution in [0.25, 0.3) is 22.2 Å². The molecule has 2 unspecified atom stereocenters. The van der Waals surface area contributed by atoms with Crippen LogP contribution in [0.15, 0.2) is 51.5 Å². The van der Waals surface area contributed by atoms with E-state index in [-0.39, 0.29) is 47.2 Å². The van der Waals surface area contributed by atoms with Crippen molar-refractivity contribution in [2.45, 2.75) is 49.7 Å². The van der Waals surface area contributed by atoms with Crippen LogP contribution in [0.1, 0.15) is 53.4 Å². The summed E-state index contributed by atoms with van der Waals surface area (Å²) in [5, 5.41) is 8.97. The number of likely N-dealkylation sites (tertiary alicyclic amines) is 1. The summed E-state index contributed by atoms with van der Waals surface area (Å²) >= 11 is 0. The monoisotopic (exact) mass is 577 g/mol. The molecule has 2 saturated heterocycles. The van der Waals surface area contributed by atoms with Crippen LogP contribution < -0.4 is 0 Å². The molecule has 12 heteroatoms. The normalized spacial score (nSPS) is 23.0. The number of ketones is 1. The third kappa shape index (κ3) is 4.28. The predicted molar refractivity (Wildman–Crippen MR) is 140 cm³/mol. The van der Waals surface area contributed by atoms with Gasteiger partial charge in [0.15, 0.2) is 17.4 Å². The minimum Gasteiger partial charge on any atom is -0.449 e. The highest BCUT2D eigenvalue weighted by atomic mass is 19.1. The molecule has 2 atom stereocenters. The molecular weight excluding hydrogens is 552 g/mol. The van der Waals surface area contributed by atoms with Crippen molar-refractivity contribution in [3.8, 4) is 11.3 Å². The van der Waals surface area contributed by atoms with Gasteiger partial charge in [-0.3, -0.25) is 4.79 Å². The Hall–Kier alpha value is -4.45. The molecular formula is C30H25F2N3O7. The topological polar surface area (TPSA) is 125 Å². The molecule has 0 radical (unpaired) electrons. The van der Waals surface area contributed by atoms with Gasteiger partial charge >= 0.3 is 11.9 Å². The molecule has 10 nitrogen and oxygen atoms in total. The van der Waals surface area contributed by atoms with Gasteiger partial charge in [0.05, 0.1) is 17.7 Å². The van der Waals surface area contributed by atoms with Crippen molar-refractivity contribution in [1.29, 1.82) is 0 Å². The zero-order chi connectivity index (χ0) is 29.0. The quantitative estimate of drug-likeness (QED) is 0.241. The van der Waals surface area contributed by atoms with Crippen LogP contribution in [-0.2, 0) is 25.5 Å². The van der Waals surface area contributed by atoms with Gasteiger partial charge in [-0.2, -0.15) is 0 Å². The smallest absolute Gasteiger partial charge is 0.418 e. The number of benzene rings is 2. The number of hydrogen-bond donors (Lipinski definition) is 0. The van der Waals surface area contributed by atoms with E-state index in [1.54, 1.807) is 12.1 Å². The summed E-state index contributed by atoms with van der Waals surface area (Å²) in [6, 6.07) is 10.3. The fraction of sp³-hybridized carbons (Fsp3) is 0.367.